The summed E-state index contributed by atoms with van der Waals surface area (Å²) in [5.74, 6) is -0.830. The van der Waals surface area contributed by atoms with Gasteiger partial charge in [0.2, 0.25) is 10.0 Å². The van der Waals surface area contributed by atoms with Crippen molar-refractivity contribution in [1.82, 2.24) is 10.2 Å². The Morgan fingerprint density at radius 3 is 2.55 bits per heavy atom. The maximum absolute atomic E-state index is 15.3. The first-order valence-corrected chi connectivity index (χ1v) is 12.3. The fourth-order valence-electron chi connectivity index (χ4n) is 4.35. The van der Waals surface area contributed by atoms with Gasteiger partial charge in [-0.25, -0.2) is 22.7 Å². The highest BCUT2D eigenvalue weighted by molar-refractivity contribution is 7.92. The van der Waals surface area contributed by atoms with E-state index in [0.29, 0.717) is 29.1 Å². The number of amides is 2. The molecule has 33 heavy (non-hydrogen) atoms. The van der Waals surface area contributed by atoms with Crippen LogP contribution in [0.15, 0.2) is 42.5 Å². The fourth-order valence-corrected chi connectivity index (χ4v) is 4.90. The molecule has 0 atom stereocenters. The van der Waals surface area contributed by atoms with E-state index < -0.39 is 21.4 Å². The number of nitrogens with one attached hydrogen (secondary N) is 2. The molecule has 0 aromatic heterocycles. The zero-order valence-corrected chi connectivity index (χ0v) is 18.8. The van der Waals surface area contributed by atoms with Crippen molar-refractivity contribution in [2.45, 2.75) is 31.3 Å². The zero-order chi connectivity index (χ0) is 23.8. The molecule has 1 fully saturated rings. The number of rotatable bonds is 4. The summed E-state index contributed by atoms with van der Waals surface area (Å²) in [4.78, 5) is 26.7. The topological polar surface area (TPSA) is 98.8 Å². The standard InChI is InChI=1S/C22H24F2N4O4S/c1-33(31,32)26-18-12-15(6-7-17(18)23)14-25-21(30)27-10-8-22(9-11-27)13-20(29)16-4-2-3-5-19(16)28(22)24/h2-7,12,26H,8-11,13-14H2,1H3,(H,25,30). The van der Waals surface area contributed by atoms with Gasteiger partial charge in [0, 0.05) is 31.6 Å². The van der Waals surface area contributed by atoms with Crippen LogP contribution in [0.5, 0.6) is 0 Å². The van der Waals surface area contributed by atoms with Crippen molar-refractivity contribution in [2.75, 3.05) is 29.2 Å². The summed E-state index contributed by atoms with van der Waals surface area (Å²) in [6.07, 6.45) is 1.58. The van der Waals surface area contributed by atoms with E-state index in [-0.39, 0.29) is 49.2 Å². The summed E-state index contributed by atoms with van der Waals surface area (Å²) in [5, 5.41) is 3.41. The third-order valence-electron chi connectivity index (χ3n) is 6.07. The minimum absolute atomic E-state index is 0.0558. The third kappa shape index (κ3) is 4.77. The first-order valence-electron chi connectivity index (χ1n) is 10.5. The average Bonchev–Trinajstić information content (AvgIpc) is 2.77. The van der Waals surface area contributed by atoms with E-state index >= 15 is 4.48 Å². The molecule has 1 saturated heterocycles. The Kier molecular flexibility index (Phi) is 6.00. The molecule has 0 aliphatic carbocycles. The van der Waals surface area contributed by atoms with Gasteiger partial charge in [0.05, 0.1) is 23.2 Å². The predicted molar refractivity (Wildman–Crippen MR) is 120 cm³/mol. The number of piperidine rings is 1. The van der Waals surface area contributed by atoms with E-state index in [4.69, 9.17) is 0 Å². The highest BCUT2D eigenvalue weighted by Gasteiger charge is 2.47. The van der Waals surface area contributed by atoms with Crippen molar-refractivity contribution >= 4 is 33.2 Å². The number of para-hydroxylation sites is 1. The van der Waals surface area contributed by atoms with Gasteiger partial charge in [-0.05, 0) is 42.7 Å². The molecule has 2 N–H and O–H groups in total. The summed E-state index contributed by atoms with van der Waals surface area (Å²) in [6.45, 7) is 0.596. The van der Waals surface area contributed by atoms with Gasteiger partial charge < -0.3 is 10.2 Å². The van der Waals surface area contributed by atoms with Gasteiger partial charge in [-0.15, -0.1) is 0 Å². The Bertz CT molecular complexity index is 1200. The van der Waals surface area contributed by atoms with E-state index in [2.05, 4.69) is 10.0 Å². The Morgan fingerprint density at radius 1 is 1.15 bits per heavy atom. The molecule has 0 radical (unpaired) electrons. The Labute approximate surface area is 190 Å². The second-order valence-electron chi connectivity index (χ2n) is 8.46. The van der Waals surface area contributed by atoms with Crippen molar-refractivity contribution < 1.29 is 26.9 Å². The summed E-state index contributed by atoms with van der Waals surface area (Å²) in [5.41, 5.74) is -0.0229. The maximum Gasteiger partial charge on any atom is 0.317 e. The fraction of sp³-hybridized carbons (Fsp3) is 0.364. The van der Waals surface area contributed by atoms with Gasteiger partial charge >= 0.3 is 6.03 Å². The molecule has 1 spiro atoms. The van der Waals surface area contributed by atoms with Crippen molar-refractivity contribution in [3.05, 3.63) is 59.4 Å². The molecular formula is C22H24F2N4O4S. The second-order valence-corrected chi connectivity index (χ2v) is 10.2. The van der Waals surface area contributed by atoms with Gasteiger partial charge in [0.15, 0.2) is 5.78 Å². The van der Waals surface area contributed by atoms with E-state index in [9.17, 15) is 22.4 Å². The zero-order valence-electron chi connectivity index (χ0n) is 18.0. The number of sulfonamides is 1. The highest BCUT2D eigenvalue weighted by atomic mass is 32.2. The molecule has 176 valence electrons. The summed E-state index contributed by atoms with van der Waals surface area (Å²) >= 11 is 0. The lowest BCUT2D eigenvalue weighted by Gasteiger charge is -2.47. The average molecular weight is 479 g/mol. The molecule has 8 nitrogen and oxygen atoms in total. The Hall–Kier alpha value is -3.21. The van der Waals surface area contributed by atoms with Crippen LogP contribution in [0.1, 0.15) is 35.2 Å². The lowest BCUT2D eigenvalue weighted by molar-refractivity contribution is 0.0805. The molecule has 2 amide bonds. The molecule has 2 aliphatic rings. The number of likely N-dealkylation sites (tertiary alicyclic amines) is 1. The largest absolute Gasteiger partial charge is 0.334 e. The van der Waals surface area contributed by atoms with E-state index in [1.807, 2.05) is 0 Å². The molecule has 2 aliphatic heterocycles. The van der Waals surface area contributed by atoms with Crippen molar-refractivity contribution in [3.63, 3.8) is 0 Å². The van der Waals surface area contributed by atoms with Crippen LogP contribution in [-0.2, 0) is 16.6 Å². The second kappa shape index (κ2) is 8.62. The van der Waals surface area contributed by atoms with Crippen LogP contribution < -0.4 is 15.2 Å². The first-order chi connectivity index (χ1) is 15.6. The third-order valence-corrected chi connectivity index (χ3v) is 6.66. The normalized spacial score (nSPS) is 17.6. The van der Waals surface area contributed by atoms with Gasteiger partial charge in [-0.1, -0.05) is 22.7 Å². The number of ketones is 1. The number of carbonyl (C=O) groups excluding carboxylic acids is 2. The number of anilines is 2. The lowest BCUT2D eigenvalue weighted by Crippen LogP contribution is -2.57. The number of halogens is 2. The summed E-state index contributed by atoms with van der Waals surface area (Å²) in [7, 11) is -3.65. The molecular weight excluding hydrogens is 454 g/mol. The number of fused-ring (bicyclic) bond motifs is 1. The number of benzene rings is 2. The number of hydrogen-bond donors (Lipinski definition) is 2. The van der Waals surface area contributed by atoms with Crippen LogP contribution in [0.4, 0.5) is 25.0 Å². The van der Waals surface area contributed by atoms with Gasteiger partial charge in [-0.2, -0.15) is 0 Å². The van der Waals surface area contributed by atoms with Crippen molar-refractivity contribution in [2.24, 2.45) is 0 Å². The molecule has 0 saturated carbocycles. The van der Waals surface area contributed by atoms with Crippen LogP contribution >= 0.6 is 0 Å². The first kappa shape index (κ1) is 23.0. The van der Waals surface area contributed by atoms with Crippen LogP contribution in [0, 0.1) is 5.82 Å². The van der Waals surface area contributed by atoms with Crippen LogP contribution in [-0.4, -0.2) is 50.0 Å². The quantitative estimate of drug-likeness (QED) is 0.658. The van der Waals surface area contributed by atoms with Crippen LogP contribution in [0.2, 0.25) is 0 Å². The maximum atomic E-state index is 15.3. The molecule has 0 unspecified atom stereocenters. The Morgan fingerprint density at radius 2 is 1.85 bits per heavy atom. The molecule has 2 aromatic rings. The SMILES string of the molecule is CS(=O)(=O)Nc1cc(CNC(=O)N2CCC3(CC2)CC(=O)c2ccccc2N3F)ccc1F. The van der Waals surface area contributed by atoms with Gasteiger partial charge in [0.1, 0.15) is 5.82 Å². The number of urea groups is 1. The van der Waals surface area contributed by atoms with Crippen LogP contribution in [0.25, 0.3) is 0 Å². The van der Waals surface area contributed by atoms with Crippen molar-refractivity contribution in [1.29, 1.82) is 0 Å². The number of Topliss-reactive ketones (excluding diaryl/α,β-unsaturated/α-hetero) is 1. The van der Waals surface area contributed by atoms with Crippen molar-refractivity contribution in [3.8, 4) is 0 Å². The van der Waals surface area contributed by atoms with Crippen LogP contribution in [0.3, 0.4) is 0 Å². The lowest BCUT2D eigenvalue weighted by atomic mass is 9.78. The number of carbonyl (C=O) groups is 2. The minimum atomic E-state index is -3.65. The van der Waals surface area contributed by atoms with E-state index in [0.717, 1.165) is 12.3 Å². The minimum Gasteiger partial charge on any atom is -0.334 e. The molecule has 11 heteroatoms. The molecule has 2 heterocycles. The van der Waals surface area contributed by atoms with E-state index in [1.54, 1.807) is 29.2 Å². The highest BCUT2D eigenvalue weighted by Crippen LogP contribution is 2.43. The van der Waals surface area contributed by atoms with Gasteiger partial charge in [0.25, 0.3) is 0 Å². The summed E-state index contributed by atoms with van der Waals surface area (Å²) in [6, 6.07) is 10.1. The van der Waals surface area contributed by atoms with Gasteiger partial charge in [-0.3, -0.25) is 9.52 Å². The monoisotopic (exact) mass is 478 g/mol. The van der Waals surface area contributed by atoms with E-state index in [1.165, 1.54) is 12.1 Å². The molecule has 2 aromatic carbocycles. The molecule has 4 rings (SSSR count). The predicted octanol–water partition coefficient (Wildman–Crippen LogP) is 3.22. The smallest absolute Gasteiger partial charge is 0.317 e. The number of nitrogens with zero attached hydrogens (tertiary/aromatic N) is 2. The number of hydrogen-bond acceptors (Lipinski definition) is 5. The molecule has 0 bridgehead atoms. The Balaban J connectivity index is 1.37. The summed E-state index contributed by atoms with van der Waals surface area (Å²) < 4.78 is 53.9.